The summed E-state index contributed by atoms with van der Waals surface area (Å²) in [5.74, 6) is 0.322. The average Bonchev–Trinajstić information content (AvgIpc) is 3.92. The number of nitrogens with one attached hydrogen (secondary N) is 1. The number of aromatic hydroxyl groups is 1. The minimum absolute atomic E-state index is 0.135. The first-order chi connectivity index (χ1) is 34.3. The number of nitrogens with zero attached hydrogens (tertiary/aromatic N) is 1. The summed E-state index contributed by atoms with van der Waals surface area (Å²) >= 11 is 1.82. The molecule has 9 aromatic carbocycles. The fraction of sp³-hybridized carbons (Fsp3) is 0.167. The van der Waals surface area contributed by atoms with Crippen molar-refractivity contribution in [3.8, 4) is 61.4 Å². The first-order valence-electron chi connectivity index (χ1n) is 24.7. The highest BCUT2D eigenvalue weighted by Gasteiger charge is 2.35. The van der Waals surface area contributed by atoms with Crippen LogP contribution < -0.4 is 11.1 Å². The molecule has 0 aliphatic heterocycles. The molecule has 71 heavy (non-hydrogen) atoms. The molecule has 2 atom stereocenters. The molecule has 4 nitrogen and oxygen atoms in total. The first kappa shape index (κ1) is 46.0. The number of hydrogen-bond acceptors (Lipinski definition) is 5. The lowest BCUT2D eigenvalue weighted by Crippen LogP contribution is -2.33. The molecule has 1 heterocycles. The second-order valence-corrected chi connectivity index (χ2v) is 21.0. The van der Waals surface area contributed by atoms with Crippen LogP contribution in [0.25, 0.3) is 75.8 Å². The standard InChI is InChI=1S/C66H59N3OS/c1-38-39(2)59-60-40(3)61(70)58(52-35-50(45-22-14-10-15-23-45)34-51(36-52)46-24-16-11-17-25-46)42(5)63(60)71-62(59)41(4)57(38)65(69-64(67)48-30-28-47(29-31-48)44-20-12-9-13-21-44)68-43(6)49-32-33-54-53-26-18-19-27-55(53)66(7,8)56(54)37-49/h9-37,64-65,69-70H,67H2,1-8H3. The Bertz CT molecular complexity index is 3660. The van der Waals surface area contributed by atoms with Crippen LogP contribution in [-0.4, -0.2) is 10.8 Å². The van der Waals surface area contributed by atoms with Crippen LogP contribution in [0.15, 0.2) is 181 Å². The van der Waals surface area contributed by atoms with E-state index >= 15 is 0 Å². The number of benzene rings is 9. The summed E-state index contributed by atoms with van der Waals surface area (Å²) in [6.45, 7) is 17.8. The van der Waals surface area contributed by atoms with Crippen molar-refractivity contribution >= 4 is 37.2 Å². The number of nitrogens with two attached hydrogens (primary N) is 1. The molecule has 0 saturated carbocycles. The van der Waals surface area contributed by atoms with Gasteiger partial charge in [-0.2, -0.15) is 0 Å². The summed E-state index contributed by atoms with van der Waals surface area (Å²) in [4.78, 5) is 5.65. The third-order valence-electron chi connectivity index (χ3n) is 15.4. The molecule has 0 spiro atoms. The maximum absolute atomic E-state index is 12.5. The Balaban J connectivity index is 1.06. The van der Waals surface area contributed by atoms with Crippen LogP contribution in [0.4, 0.5) is 0 Å². The van der Waals surface area contributed by atoms with Crippen LogP contribution in [0.3, 0.4) is 0 Å². The van der Waals surface area contributed by atoms with E-state index in [1.165, 1.54) is 48.2 Å². The minimum atomic E-state index is -0.511. The number of rotatable bonds is 10. The summed E-state index contributed by atoms with van der Waals surface area (Å²) in [5.41, 5.74) is 30.6. The zero-order valence-corrected chi connectivity index (χ0v) is 42.6. The molecule has 350 valence electrons. The molecule has 1 aliphatic rings. The molecule has 0 fully saturated rings. The van der Waals surface area contributed by atoms with E-state index in [1.54, 1.807) is 0 Å². The number of phenols is 1. The lowest BCUT2D eigenvalue weighted by Gasteiger charge is -2.26. The third-order valence-corrected chi connectivity index (χ3v) is 16.9. The van der Waals surface area contributed by atoms with Crippen molar-refractivity contribution in [2.75, 3.05) is 0 Å². The molecule has 2 unspecified atom stereocenters. The van der Waals surface area contributed by atoms with Gasteiger partial charge in [0.2, 0.25) is 0 Å². The predicted molar refractivity (Wildman–Crippen MR) is 302 cm³/mol. The lowest BCUT2D eigenvalue weighted by molar-refractivity contribution is 0.463. The van der Waals surface area contributed by atoms with E-state index < -0.39 is 12.3 Å². The maximum atomic E-state index is 12.5. The Morgan fingerprint density at radius 1 is 0.521 bits per heavy atom. The molecule has 11 rings (SSSR count). The molecule has 1 aromatic heterocycles. The third kappa shape index (κ3) is 7.90. The fourth-order valence-corrected chi connectivity index (χ4v) is 12.8. The summed E-state index contributed by atoms with van der Waals surface area (Å²) < 4.78 is 2.38. The van der Waals surface area contributed by atoms with Crippen LogP contribution in [0, 0.1) is 34.6 Å². The van der Waals surface area contributed by atoms with Gasteiger partial charge in [0, 0.05) is 42.4 Å². The van der Waals surface area contributed by atoms with Crippen molar-refractivity contribution < 1.29 is 5.11 Å². The highest BCUT2D eigenvalue weighted by molar-refractivity contribution is 7.26. The van der Waals surface area contributed by atoms with Gasteiger partial charge < -0.3 is 10.8 Å². The Labute approximate surface area is 422 Å². The topological polar surface area (TPSA) is 70.6 Å². The van der Waals surface area contributed by atoms with Crippen molar-refractivity contribution in [3.05, 3.63) is 232 Å². The van der Waals surface area contributed by atoms with E-state index in [2.05, 4.69) is 231 Å². The van der Waals surface area contributed by atoms with Crippen LogP contribution >= 0.6 is 11.3 Å². The quantitative estimate of drug-likeness (QED) is 0.0945. The monoisotopic (exact) mass is 941 g/mol. The van der Waals surface area contributed by atoms with Crippen LogP contribution in [0.1, 0.15) is 88.7 Å². The fourth-order valence-electron chi connectivity index (χ4n) is 11.4. The van der Waals surface area contributed by atoms with E-state index in [1.807, 2.05) is 17.4 Å². The molecule has 1 aliphatic carbocycles. The van der Waals surface area contributed by atoms with Gasteiger partial charge in [0.1, 0.15) is 11.9 Å². The largest absolute Gasteiger partial charge is 0.507 e. The summed E-state index contributed by atoms with van der Waals surface area (Å²) in [6, 6.07) is 62.4. The van der Waals surface area contributed by atoms with E-state index in [9.17, 15) is 5.11 Å². The molecule has 0 radical (unpaired) electrons. The Morgan fingerprint density at radius 3 is 1.65 bits per heavy atom. The van der Waals surface area contributed by atoms with Crippen molar-refractivity contribution in [2.45, 2.75) is 73.1 Å². The Kier molecular flexibility index (Phi) is 11.7. The molecular formula is C66H59N3OS. The lowest BCUT2D eigenvalue weighted by atomic mass is 9.82. The Morgan fingerprint density at radius 2 is 1.03 bits per heavy atom. The number of phenolic OH excluding ortho intramolecular Hbond substituents is 1. The van der Waals surface area contributed by atoms with Gasteiger partial charge in [-0.25, -0.2) is 0 Å². The van der Waals surface area contributed by atoms with E-state index in [0.29, 0.717) is 5.75 Å². The summed E-state index contributed by atoms with van der Waals surface area (Å²) in [6.07, 6.45) is -0.989. The van der Waals surface area contributed by atoms with Crippen LogP contribution in [-0.2, 0) is 5.41 Å². The highest BCUT2D eigenvalue weighted by atomic mass is 32.1. The second-order valence-electron chi connectivity index (χ2n) is 20.0. The van der Waals surface area contributed by atoms with Gasteiger partial charge in [0.25, 0.3) is 0 Å². The summed E-state index contributed by atoms with van der Waals surface area (Å²) in [7, 11) is 0. The van der Waals surface area contributed by atoms with Crippen LogP contribution in [0.2, 0.25) is 0 Å². The molecule has 5 heteroatoms. The normalized spacial score (nSPS) is 13.9. The molecule has 0 amide bonds. The van der Waals surface area contributed by atoms with E-state index in [0.717, 1.165) is 89.0 Å². The van der Waals surface area contributed by atoms with Crippen molar-refractivity contribution in [2.24, 2.45) is 10.7 Å². The smallest absolute Gasteiger partial charge is 0.127 e. The second kappa shape index (κ2) is 18.1. The van der Waals surface area contributed by atoms with Gasteiger partial charge >= 0.3 is 0 Å². The number of thiophene rings is 1. The molecule has 0 bridgehead atoms. The van der Waals surface area contributed by atoms with Gasteiger partial charge in [0.05, 0.1) is 6.17 Å². The maximum Gasteiger partial charge on any atom is 0.127 e. The molecular weight excluding hydrogens is 883 g/mol. The van der Waals surface area contributed by atoms with Gasteiger partial charge in [-0.15, -0.1) is 11.3 Å². The SMILES string of the molecule is CC(=NC(NC(N)c1ccc(-c2ccccc2)cc1)c1c(C)c(C)c2c(sc3c(C)c(-c4cc(-c5ccccc5)cc(-c5ccccc5)c4)c(O)c(C)c32)c1C)c1ccc2c(c1)C(C)(C)c1ccccc1-2. The molecule has 0 saturated heterocycles. The van der Waals surface area contributed by atoms with Gasteiger partial charge in [0.15, 0.2) is 0 Å². The van der Waals surface area contributed by atoms with Gasteiger partial charge in [-0.05, 0) is 166 Å². The zero-order chi connectivity index (χ0) is 49.3. The zero-order valence-electron chi connectivity index (χ0n) is 41.8. The molecule has 10 aromatic rings. The van der Waals surface area contributed by atoms with Gasteiger partial charge in [-0.1, -0.05) is 166 Å². The number of aryl methyl sites for hydroxylation is 4. The van der Waals surface area contributed by atoms with Crippen molar-refractivity contribution in [1.29, 1.82) is 0 Å². The van der Waals surface area contributed by atoms with E-state index in [-0.39, 0.29) is 5.41 Å². The Hall–Kier alpha value is -7.41. The van der Waals surface area contributed by atoms with Crippen molar-refractivity contribution in [1.82, 2.24) is 5.32 Å². The van der Waals surface area contributed by atoms with E-state index in [4.69, 9.17) is 10.7 Å². The number of hydrogen-bond donors (Lipinski definition) is 3. The van der Waals surface area contributed by atoms with Crippen molar-refractivity contribution in [3.63, 3.8) is 0 Å². The minimum Gasteiger partial charge on any atom is -0.507 e. The number of fused-ring (bicyclic) bond motifs is 6. The van der Waals surface area contributed by atoms with Gasteiger partial charge in [-0.3, -0.25) is 10.3 Å². The average molecular weight is 942 g/mol. The van der Waals surface area contributed by atoms with Crippen LogP contribution in [0.5, 0.6) is 5.75 Å². The first-order valence-corrected chi connectivity index (χ1v) is 25.5. The predicted octanol–water partition coefficient (Wildman–Crippen LogP) is 17.0. The number of aliphatic imine (C=N–C) groups is 1. The molecule has 4 N–H and O–H groups in total. The summed E-state index contributed by atoms with van der Waals surface area (Å²) in [5, 5.41) is 18.7. The highest BCUT2D eigenvalue weighted by Crippen LogP contribution is 2.52.